The summed E-state index contributed by atoms with van der Waals surface area (Å²) in [6.45, 7) is 0. The number of hydrazine groups is 1. The van der Waals surface area contributed by atoms with Crippen molar-refractivity contribution < 1.29 is 18.8 Å². The number of rotatable bonds is 4. The number of furan rings is 1. The van der Waals surface area contributed by atoms with Gasteiger partial charge in [0.1, 0.15) is 0 Å². The van der Waals surface area contributed by atoms with E-state index in [1.165, 1.54) is 40.9 Å². The fourth-order valence-corrected chi connectivity index (χ4v) is 4.66. The van der Waals surface area contributed by atoms with Crippen molar-refractivity contribution >= 4 is 34.7 Å². The van der Waals surface area contributed by atoms with Crippen molar-refractivity contribution in [2.24, 2.45) is 0 Å². The maximum Gasteiger partial charge on any atom is 0.291 e. The van der Waals surface area contributed by atoms with E-state index in [1.54, 1.807) is 36.4 Å². The van der Waals surface area contributed by atoms with Crippen molar-refractivity contribution in [3.8, 4) is 0 Å². The number of aryl methyl sites for hydroxylation is 2. The number of nitrogens with one attached hydrogen (secondary N) is 3. The van der Waals surface area contributed by atoms with Gasteiger partial charge in [0.25, 0.3) is 17.7 Å². The van der Waals surface area contributed by atoms with Crippen LogP contribution in [0.3, 0.4) is 0 Å². The summed E-state index contributed by atoms with van der Waals surface area (Å²) in [7, 11) is 0. The molecule has 0 saturated heterocycles. The molecule has 0 spiro atoms. The Morgan fingerprint density at radius 2 is 1.58 bits per heavy atom. The molecule has 4 rings (SSSR count). The van der Waals surface area contributed by atoms with Gasteiger partial charge in [0.2, 0.25) is 0 Å². The van der Waals surface area contributed by atoms with Crippen molar-refractivity contribution in [1.82, 2.24) is 10.9 Å². The minimum atomic E-state index is -0.438. The SMILES string of the molecule is O=C(NNC(=O)c1cc2c(s1)CCCCCC2)c1ccc(NC(=O)c2ccco2)cc1. The first kappa shape index (κ1) is 20.9. The molecule has 1 aromatic carbocycles. The fourth-order valence-electron chi connectivity index (χ4n) is 3.51. The molecule has 0 saturated carbocycles. The predicted octanol–water partition coefficient (Wildman–Crippen LogP) is 4.33. The van der Waals surface area contributed by atoms with Crippen LogP contribution in [-0.4, -0.2) is 17.7 Å². The van der Waals surface area contributed by atoms with Gasteiger partial charge in [-0.2, -0.15) is 0 Å². The second kappa shape index (κ2) is 9.61. The van der Waals surface area contributed by atoms with E-state index in [2.05, 4.69) is 16.2 Å². The van der Waals surface area contributed by atoms with Gasteiger partial charge < -0.3 is 9.73 Å². The highest BCUT2D eigenvalue weighted by Gasteiger charge is 2.17. The van der Waals surface area contributed by atoms with E-state index < -0.39 is 5.91 Å². The number of hydrogen-bond acceptors (Lipinski definition) is 5. The molecule has 3 amide bonds. The van der Waals surface area contributed by atoms with E-state index in [4.69, 9.17) is 4.42 Å². The molecule has 1 aliphatic rings. The van der Waals surface area contributed by atoms with Crippen LogP contribution < -0.4 is 16.2 Å². The van der Waals surface area contributed by atoms with Gasteiger partial charge in [0.05, 0.1) is 11.1 Å². The smallest absolute Gasteiger partial charge is 0.291 e. The molecule has 0 fully saturated rings. The Hall–Kier alpha value is -3.39. The van der Waals surface area contributed by atoms with E-state index in [0.29, 0.717) is 16.1 Å². The second-order valence-corrected chi connectivity index (χ2v) is 8.53. The largest absolute Gasteiger partial charge is 0.459 e. The van der Waals surface area contributed by atoms with Crippen LogP contribution in [-0.2, 0) is 12.8 Å². The van der Waals surface area contributed by atoms with Crippen LogP contribution in [0.4, 0.5) is 5.69 Å². The first-order valence-electron chi connectivity index (χ1n) is 10.3. The van der Waals surface area contributed by atoms with Gasteiger partial charge in [-0.25, -0.2) is 0 Å². The third-order valence-electron chi connectivity index (χ3n) is 5.16. The predicted molar refractivity (Wildman–Crippen MR) is 118 cm³/mol. The second-order valence-electron chi connectivity index (χ2n) is 7.39. The molecular weight excluding hydrogens is 414 g/mol. The zero-order valence-electron chi connectivity index (χ0n) is 16.9. The molecule has 31 heavy (non-hydrogen) atoms. The van der Waals surface area contributed by atoms with Gasteiger partial charge in [0.15, 0.2) is 5.76 Å². The van der Waals surface area contributed by atoms with Crippen LogP contribution in [0, 0.1) is 0 Å². The normalized spacial score (nSPS) is 13.4. The zero-order chi connectivity index (χ0) is 21.6. The highest BCUT2D eigenvalue weighted by Crippen LogP contribution is 2.28. The number of thiophene rings is 1. The van der Waals surface area contributed by atoms with Crippen molar-refractivity contribution in [2.75, 3.05) is 5.32 Å². The van der Waals surface area contributed by atoms with Crippen LogP contribution in [0.25, 0.3) is 0 Å². The third-order valence-corrected chi connectivity index (χ3v) is 6.40. The molecule has 3 aromatic rings. The summed E-state index contributed by atoms with van der Waals surface area (Å²) in [6, 6.07) is 11.5. The molecule has 3 N–H and O–H groups in total. The molecule has 0 bridgehead atoms. The first-order valence-corrected chi connectivity index (χ1v) is 11.1. The standard InChI is InChI=1S/C23H23N3O4S/c27-21(15-9-11-17(12-10-15)24-22(28)18-7-5-13-30-18)25-26-23(29)20-14-16-6-3-1-2-4-8-19(16)31-20/h5,7,9-14H,1-4,6,8H2,(H,24,28)(H,25,27)(H,26,29). The molecule has 0 unspecified atom stereocenters. The van der Waals surface area contributed by atoms with Gasteiger partial charge in [-0.1, -0.05) is 12.8 Å². The zero-order valence-corrected chi connectivity index (χ0v) is 17.7. The van der Waals surface area contributed by atoms with Crippen LogP contribution in [0.5, 0.6) is 0 Å². The minimum Gasteiger partial charge on any atom is -0.459 e. The average Bonchev–Trinajstić information content (AvgIpc) is 3.43. The fraction of sp³-hybridized carbons (Fsp3) is 0.261. The number of carbonyl (C=O) groups excluding carboxylic acids is 3. The van der Waals surface area contributed by atoms with E-state index in [0.717, 1.165) is 25.7 Å². The topological polar surface area (TPSA) is 100 Å². The van der Waals surface area contributed by atoms with Crippen molar-refractivity contribution in [1.29, 1.82) is 0 Å². The van der Waals surface area contributed by atoms with Gasteiger partial charge in [-0.15, -0.1) is 11.3 Å². The minimum absolute atomic E-state index is 0.200. The average molecular weight is 438 g/mol. The summed E-state index contributed by atoms with van der Waals surface area (Å²) >= 11 is 1.51. The Kier molecular flexibility index (Phi) is 6.47. The van der Waals surface area contributed by atoms with Crippen molar-refractivity contribution in [3.05, 3.63) is 75.4 Å². The van der Waals surface area contributed by atoms with Crippen molar-refractivity contribution in [2.45, 2.75) is 38.5 Å². The van der Waals surface area contributed by atoms with Gasteiger partial charge in [-0.05, 0) is 73.7 Å². The summed E-state index contributed by atoms with van der Waals surface area (Å²) < 4.78 is 5.04. The lowest BCUT2D eigenvalue weighted by atomic mass is 10.00. The van der Waals surface area contributed by atoms with Gasteiger partial charge in [-0.3, -0.25) is 25.2 Å². The maximum absolute atomic E-state index is 12.5. The highest BCUT2D eigenvalue weighted by molar-refractivity contribution is 7.14. The Bertz CT molecular complexity index is 1050. The van der Waals surface area contributed by atoms with Gasteiger partial charge >= 0.3 is 0 Å². The molecule has 1 aliphatic carbocycles. The number of anilines is 1. The maximum atomic E-state index is 12.5. The van der Waals surface area contributed by atoms with Crippen LogP contribution in [0.2, 0.25) is 0 Å². The molecule has 8 heteroatoms. The lowest BCUT2D eigenvalue weighted by Crippen LogP contribution is -2.41. The van der Waals surface area contributed by atoms with Gasteiger partial charge in [0, 0.05) is 16.1 Å². The lowest BCUT2D eigenvalue weighted by molar-refractivity contribution is 0.0849. The van der Waals surface area contributed by atoms with E-state index in [9.17, 15) is 14.4 Å². The molecule has 0 radical (unpaired) electrons. The molecule has 2 heterocycles. The Balaban J connectivity index is 1.31. The molecule has 2 aromatic heterocycles. The summed E-state index contributed by atoms with van der Waals surface area (Å²) in [4.78, 5) is 38.7. The summed E-state index contributed by atoms with van der Waals surface area (Å²) in [6.07, 6.45) is 8.22. The monoisotopic (exact) mass is 437 g/mol. The summed E-state index contributed by atoms with van der Waals surface area (Å²) in [5.41, 5.74) is 7.08. The molecule has 0 atom stereocenters. The Morgan fingerprint density at radius 1 is 0.839 bits per heavy atom. The highest BCUT2D eigenvalue weighted by atomic mass is 32.1. The summed E-state index contributed by atoms with van der Waals surface area (Å²) in [5.74, 6) is -0.926. The molecule has 160 valence electrons. The molecule has 0 aliphatic heterocycles. The number of hydrogen-bond donors (Lipinski definition) is 3. The first-order chi connectivity index (χ1) is 15.1. The molecular formula is C23H23N3O4S. The number of amides is 3. The Labute approximate surface area is 183 Å². The Morgan fingerprint density at radius 3 is 2.32 bits per heavy atom. The van der Waals surface area contributed by atoms with E-state index in [-0.39, 0.29) is 17.6 Å². The molecule has 7 nitrogen and oxygen atoms in total. The number of fused-ring (bicyclic) bond motifs is 1. The van der Waals surface area contributed by atoms with E-state index >= 15 is 0 Å². The third kappa shape index (κ3) is 5.21. The number of benzene rings is 1. The van der Waals surface area contributed by atoms with E-state index in [1.807, 2.05) is 6.07 Å². The van der Waals surface area contributed by atoms with Crippen LogP contribution >= 0.6 is 11.3 Å². The quantitative estimate of drug-likeness (QED) is 0.529. The summed E-state index contributed by atoms with van der Waals surface area (Å²) in [5, 5.41) is 2.68. The lowest BCUT2D eigenvalue weighted by Gasteiger charge is -2.08. The van der Waals surface area contributed by atoms with Crippen molar-refractivity contribution in [3.63, 3.8) is 0 Å². The number of carbonyl (C=O) groups is 3. The van der Waals surface area contributed by atoms with Crippen LogP contribution in [0.15, 0.2) is 53.1 Å². The van der Waals surface area contributed by atoms with Crippen LogP contribution in [0.1, 0.15) is 66.7 Å².